The molecule has 8 heteroatoms. The summed E-state index contributed by atoms with van der Waals surface area (Å²) < 4.78 is 10.6. The number of benzene rings is 1. The summed E-state index contributed by atoms with van der Waals surface area (Å²) in [4.78, 5) is 15.6. The summed E-state index contributed by atoms with van der Waals surface area (Å²) in [6.07, 6.45) is 2.38. The standard InChI is InChI=1S/C17H18N4O4/c1-2-19-16-11(6-18)15(12(8-21-16)17(22)23)20-7-10-3-4-13-14(5-10)25-9-24-13/h3-6,8,18H,2,7,9H2,1H3,(H,22,23)(H2,19,20,21). The molecule has 3 rings (SSSR count). The van der Waals surface area contributed by atoms with Gasteiger partial charge in [0.2, 0.25) is 6.79 Å². The van der Waals surface area contributed by atoms with E-state index in [0.717, 1.165) is 11.8 Å². The number of carboxylic acids is 1. The third-order valence-corrected chi connectivity index (χ3v) is 3.74. The van der Waals surface area contributed by atoms with Crippen LogP contribution in [0, 0.1) is 5.41 Å². The normalized spacial score (nSPS) is 11.9. The van der Waals surface area contributed by atoms with Crippen LogP contribution in [0.3, 0.4) is 0 Å². The van der Waals surface area contributed by atoms with Crippen molar-refractivity contribution in [1.29, 1.82) is 5.41 Å². The molecule has 0 spiro atoms. The minimum Gasteiger partial charge on any atom is -0.478 e. The SMILES string of the molecule is CCNc1ncc(C(=O)O)c(NCc2ccc3c(c2)OCO3)c1C=N. The first-order chi connectivity index (χ1) is 12.1. The molecule has 130 valence electrons. The Bertz CT molecular complexity index is 823. The summed E-state index contributed by atoms with van der Waals surface area (Å²) in [6, 6.07) is 5.52. The molecule has 0 aliphatic carbocycles. The smallest absolute Gasteiger partial charge is 0.339 e. The fourth-order valence-corrected chi connectivity index (χ4v) is 2.57. The molecule has 1 aliphatic heterocycles. The van der Waals surface area contributed by atoms with E-state index in [1.807, 2.05) is 25.1 Å². The maximum Gasteiger partial charge on any atom is 0.339 e. The third-order valence-electron chi connectivity index (χ3n) is 3.74. The maximum atomic E-state index is 11.5. The number of hydrogen-bond acceptors (Lipinski definition) is 7. The molecule has 4 N–H and O–H groups in total. The van der Waals surface area contributed by atoms with Gasteiger partial charge in [0.1, 0.15) is 11.4 Å². The van der Waals surface area contributed by atoms with Gasteiger partial charge in [-0.3, -0.25) is 0 Å². The molecule has 8 nitrogen and oxygen atoms in total. The molecule has 2 heterocycles. The summed E-state index contributed by atoms with van der Waals surface area (Å²) >= 11 is 0. The summed E-state index contributed by atoms with van der Waals surface area (Å²) in [7, 11) is 0. The average Bonchev–Trinajstić information content (AvgIpc) is 3.07. The second-order valence-electron chi connectivity index (χ2n) is 5.33. The summed E-state index contributed by atoms with van der Waals surface area (Å²) in [6.45, 7) is 3.08. The van der Waals surface area contributed by atoms with Gasteiger partial charge in [0.25, 0.3) is 0 Å². The van der Waals surface area contributed by atoms with Crippen LogP contribution in [-0.2, 0) is 6.54 Å². The Labute approximate surface area is 144 Å². The van der Waals surface area contributed by atoms with Crippen molar-refractivity contribution in [3.05, 3.63) is 41.1 Å². The highest BCUT2D eigenvalue weighted by atomic mass is 16.7. The van der Waals surface area contributed by atoms with Crippen molar-refractivity contribution in [2.45, 2.75) is 13.5 Å². The number of carboxylic acid groups (broad SMARTS) is 1. The topological polar surface area (TPSA) is 117 Å². The molecule has 0 bridgehead atoms. The number of aromatic carboxylic acids is 1. The van der Waals surface area contributed by atoms with Crippen LogP contribution in [0.4, 0.5) is 11.5 Å². The van der Waals surface area contributed by atoms with Gasteiger partial charge in [0, 0.05) is 25.5 Å². The van der Waals surface area contributed by atoms with Crippen LogP contribution in [0.15, 0.2) is 24.4 Å². The number of fused-ring (bicyclic) bond motifs is 1. The molecular weight excluding hydrogens is 324 g/mol. The fourth-order valence-electron chi connectivity index (χ4n) is 2.57. The number of nitrogens with one attached hydrogen (secondary N) is 3. The molecule has 1 aliphatic rings. The highest BCUT2D eigenvalue weighted by Gasteiger charge is 2.18. The molecule has 25 heavy (non-hydrogen) atoms. The van der Waals surface area contributed by atoms with Crippen molar-refractivity contribution in [3.8, 4) is 11.5 Å². The molecular formula is C17H18N4O4. The van der Waals surface area contributed by atoms with E-state index in [2.05, 4.69) is 15.6 Å². The predicted molar refractivity (Wildman–Crippen MR) is 93.1 cm³/mol. The predicted octanol–water partition coefficient (Wildman–Crippen LogP) is 2.55. The van der Waals surface area contributed by atoms with Gasteiger partial charge >= 0.3 is 5.97 Å². The van der Waals surface area contributed by atoms with E-state index in [9.17, 15) is 9.90 Å². The van der Waals surface area contributed by atoms with E-state index in [-0.39, 0.29) is 12.4 Å². The number of rotatable bonds is 7. The van der Waals surface area contributed by atoms with Crippen LogP contribution in [0.5, 0.6) is 11.5 Å². The van der Waals surface area contributed by atoms with Crippen molar-refractivity contribution in [2.24, 2.45) is 0 Å². The van der Waals surface area contributed by atoms with E-state index in [1.54, 1.807) is 0 Å². The van der Waals surface area contributed by atoms with Crippen molar-refractivity contribution < 1.29 is 19.4 Å². The Balaban J connectivity index is 1.90. The Kier molecular flexibility index (Phi) is 4.69. The molecule has 0 saturated heterocycles. The zero-order chi connectivity index (χ0) is 17.8. The Hall–Kier alpha value is -3.29. The van der Waals surface area contributed by atoms with Crippen molar-refractivity contribution in [2.75, 3.05) is 24.0 Å². The van der Waals surface area contributed by atoms with Crippen LogP contribution in [0.1, 0.15) is 28.4 Å². The van der Waals surface area contributed by atoms with Crippen LogP contribution < -0.4 is 20.1 Å². The Morgan fingerprint density at radius 3 is 2.88 bits per heavy atom. The largest absolute Gasteiger partial charge is 0.478 e. The molecule has 0 fully saturated rings. The third kappa shape index (κ3) is 3.32. The minimum absolute atomic E-state index is 0.0147. The number of hydrogen-bond donors (Lipinski definition) is 4. The van der Waals surface area contributed by atoms with Gasteiger partial charge < -0.3 is 30.6 Å². The molecule has 0 amide bonds. The number of pyridine rings is 1. The summed E-state index contributed by atoms with van der Waals surface area (Å²) in [5, 5.41) is 23.2. The van der Waals surface area contributed by atoms with Crippen molar-refractivity contribution >= 4 is 23.7 Å². The first kappa shape index (κ1) is 16.6. The van der Waals surface area contributed by atoms with E-state index in [0.29, 0.717) is 41.7 Å². The zero-order valence-corrected chi connectivity index (χ0v) is 13.6. The number of carbonyl (C=O) groups is 1. The monoisotopic (exact) mass is 342 g/mol. The molecule has 0 unspecified atom stereocenters. The number of aromatic nitrogens is 1. The lowest BCUT2D eigenvalue weighted by Gasteiger charge is -2.16. The van der Waals surface area contributed by atoms with Crippen molar-refractivity contribution in [3.63, 3.8) is 0 Å². The second-order valence-corrected chi connectivity index (χ2v) is 5.33. The fraction of sp³-hybridized carbons (Fsp3) is 0.235. The van der Waals surface area contributed by atoms with Crippen LogP contribution in [-0.4, -0.2) is 35.6 Å². The minimum atomic E-state index is -1.10. The quantitative estimate of drug-likeness (QED) is 0.571. The van der Waals surface area contributed by atoms with E-state index >= 15 is 0 Å². The molecule has 2 aromatic rings. The highest BCUT2D eigenvalue weighted by Crippen LogP contribution is 2.33. The first-order valence-electron chi connectivity index (χ1n) is 7.77. The lowest BCUT2D eigenvalue weighted by Crippen LogP contribution is -2.13. The molecule has 1 aromatic heterocycles. The van der Waals surface area contributed by atoms with Crippen molar-refractivity contribution in [1.82, 2.24) is 4.98 Å². The molecule has 0 atom stereocenters. The maximum absolute atomic E-state index is 11.5. The first-order valence-corrected chi connectivity index (χ1v) is 7.77. The van der Waals surface area contributed by atoms with E-state index in [4.69, 9.17) is 14.9 Å². The van der Waals surface area contributed by atoms with Gasteiger partial charge in [-0.15, -0.1) is 0 Å². The summed E-state index contributed by atoms with van der Waals surface area (Å²) in [5.74, 6) is 0.712. The van der Waals surface area contributed by atoms with Crippen LogP contribution in [0.25, 0.3) is 0 Å². The van der Waals surface area contributed by atoms with Gasteiger partial charge in [0.15, 0.2) is 11.5 Å². The Morgan fingerprint density at radius 1 is 1.36 bits per heavy atom. The second kappa shape index (κ2) is 7.08. The molecule has 0 saturated carbocycles. The highest BCUT2D eigenvalue weighted by molar-refractivity contribution is 6.02. The van der Waals surface area contributed by atoms with Gasteiger partial charge in [-0.05, 0) is 24.6 Å². The number of ether oxygens (including phenoxy) is 2. The summed E-state index contributed by atoms with van der Waals surface area (Å²) in [5.41, 5.74) is 1.67. The molecule has 0 radical (unpaired) electrons. The number of anilines is 2. The van der Waals surface area contributed by atoms with E-state index < -0.39 is 5.97 Å². The lowest BCUT2D eigenvalue weighted by molar-refractivity contribution is 0.0697. The van der Waals surface area contributed by atoms with Crippen LogP contribution in [0.2, 0.25) is 0 Å². The van der Waals surface area contributed by atoms with Gasteiger partial charge in [-0.1, -0.05) is 6.07 Å². The number of nitrogens with zero attached hydrogens (tertiary/aromatic N) is 1. The molecule has 1 aromatic carbocycles. The van der Waals surface area contributed by atoms with Gasteiger partial charge in [-0.2, -0.15) is 0 Å². The van der Waals surface area contributed by atoms with Gasteiger partial charge in [-0.25, -0.2) is 9.78 Å². The lowest BCUT2D eigenvalue weighted by atomic mass is 10.1. The zero-order valence-electron chi connectivity index (χ0n) is 13.6. The average molecular weight is 342 g/mol. The van der Waals surface area contributed by atoms with E-state index in [1.165, 1.54) is 6.20 Å². The Morgan fingerprint density at radius 2 is 2.16 bits per heavy atom. The van der Waals surface area contributed by atoms with Gasteiger partial charge in [0.05, 0.1) is 11.3 Å². The van der Waals surface area contributed by atoms with Crippen LogP contribution >= 0.6 is 0 Å².